The molecule has 1 aliphatic heterocycles. The molecule has 0 spiro atoms. The van der Waals surface area contributed by atoms with Crippen molar-refractivity contribution < 1.29 is 0 Å². The lowest BCUT2D eigenvalue weighted by molar-refractivity contribution is 0.184. The van der Waals surface area contributed by atoms with E-state index >= 15 is 0 Å². The molecule has 120 valence electrons. The molecule has 2 aromatic rings. The van der Waals surface area contributed by atoms with E-state index in [1.54, 1.807) is 0 Å². The maximum atomic E-state index is 12.4. The second-order valence-electron chi connectivity index (χ2n) is 5.65. The summed E-state index contributed by atoms with van der Waals surface area (Å²) >= 11 is 0. The molecule has 3 rings (SSSR count). The number of nitrogens with one attached hydrogen (secondary N) is 2. The van der Waals surface area contributed by atoms with Crippen LogP contribution in [0.3, 0.4) is 0 Å². The lowest BCUT2D eigenvalue weighted by atomic mass is 10.1. The number of piperazine rings is 1. The number of aromatic nitrogens is 2. The molecule has 1 atom stereocenters. The minimum absolute atomic E-state index is 0. The summed E-state index contributed by atoms with van der Waals surface area (Å²) in [5.74, 6) is 0. The van der Waals surface area contributed by atoms with E-state index in [1.807, 2.05) is 18.3 Å². The SMILES string of the molecule is CCc1cnc2cc(C(C)N3CCNCC3)c(=O)[nH]c2c1.Cl. The van der Waals surface area contributed by atoms with E-state index in [1.165, 1.54) is 0 Å². The molecule has 5 nitrogen and oxygen atoms in total. The van der Waals surface area contributed by atoms with Gasteiger partial charge in [0, 0.05) is 44.0 Å². The summed E-state index contributed by atoms with van der Waals surface area (Å²) in [5.41, 5.74) is 3.64. The average molecular weight is 323 g/mol. The van der Waals surface area contributed by atoms with E-state index in [4.69, 9.17) is 0 Å². The van der Waals surface area contributed by atoms with Gasteiger partial charge in [-0.2, -0.15) is 0 Å². The molecule has 2 N–H and O–H groups in total. The van der Waals surface area contributed by atoms with Gasteiger partial charge in [-0.15, -0.1) is 12.4 Å². The van der Waals surface area contributed by atoms with Crippen molar-refractivity contribution in [3.63, 3.8) is 0 Å². The third-order valence-corrected chi connectivity index (χ3v) is 4.34. The summed E-state index contributed by atoms with van der Waals surface area (Å²) in [7, 11) is 0. The second kappa shape index (κ2) is 7.22. The minimum Gasteiger partial charge on any atom is -0.320 e. The van der Waals surface area contributed by atoms with Gasteiger partial charge in [-0.05, 0) is 31.0 Å². The Balaban J connectivity index is 0.00000176. The maximum absolute atomic E-state index is 12.4. The monoisotopic (exact) mass is 322 g/mol. The summed E-state index contributed by atoms with van der Waals surface area (Å²) in [6, 6.07) is 4.08. The minimum atomic E-state index is 0. The Bertz CT molecular complexity index is 694. The van der Waals surface area contributed by atoms with Crippen molar-refractivity contribution in [2.45, 2.75) is 26.3 Å². The Hall–Kier alpha value is -1.43. The number of hydrogen-bond acceptors (Lipinski definition) is 4. The van der Waals surface area contributed by atoms with Gasteiger partial charge in [0.1, 0.15) is 0 Å². The van der Waals surface area contributed by atoms with Crippen LogP contribution in [0.5, 0.6) is 0 Å². The van der Waals surface area contributed by atoms with Gasteiger partial charge in [0.05, 0.1) is 11.0 Å². The third kappa shape index (κ3) is 3.32. The Morgan fingerprint density at radius 1 is 1.32 bits per heavy atom. The largest absolute Gasteiger partial charge is 0.320 e. The second-order valence-corrected chi connectivity index (χ2v) is 5.65. The van der Waals surface area contributed by atoms with Gasteiger partial charge >= 0.3 is 0 Å². The van der Waals surface area contributed by atoms with Crippen LogP contribution in [0.2, 0.25) is 0 Å². The molecule has 1 aliphatic rings. The van der Waals surface area contributed by atoms with Crippen LogP contribution >= 0.6 is 12.4 Å². The molecule has 1 fully saturated rings. The molecule has 0 aromatic carbocycles. The molecular weight excluding hydrogens is 300 g/mol. The first-order chi connectivity index (χ1) is 10.2. The maximum Gasteiger partial charge on any atom is 0.253 e. The zero-order chi connectivity index (χ0) is 14.8. The van der Waals surface area contributed by atoms with Crippen molar-refractivity contribution in [2.24, 2.45) is 0 Å². The molecule has 3 heterocycles. The molecule has 0 radical (unpaired) electrons. The molecule has 2 aromatic heterocycles. The fourth-order valence-corrected chi connectivity index (χ4v) is 2.91. The number of aromatic amines is 1. The Kier molecular flexibility index (Phi) is 5.56. The topological polar surface area (TPSA) is 61.0 Å². The third-order valence-electron chi connectivity index (χ3n) is 4.34. The molecule has 0 bridgehead atoms. The van der Waals surface area contributed by atoms with Crippen molar-refractivity contribution in [2.75, 3.05) is 26.2 Å². The van der Waals surface area contributed by atoms with Crippen LogP contribution in [-0.4, -0.2) is 41.0 Å². The van der Waals surface area contributed by atoms with E-state index in [0.29, 0.717) is 0 Å². The summed E-state index contributed by atoms with van der Waals surface area (Å²) in [5, 5.41) is 3.34. The lowest BCUT2D eigenvalue weighted by Crippen LogP contribution is -2.45. The van der Waals surface area contributed by atoms with E-state index in [-0.39, 0.29) is 24.0 Å². The first-order valence-electron chi connectivity index (χ1n) is 7.65. The van der Waals surface area contributed by atoms with Crippen molar-refractivity contribution in [3.05, 3.63) is 39.8 Å². The zero-order valence-electron chi connectivity index (χ0n) is 13.1. The molecule has 1 saturated heterocycles. The standard InChI is InChI=1S/C16H22N4O.ClH/c1-3-12-8-15-14(18-10-12)9-13(16(21)19-15)11(2)20-6-4-17-5-7-20;/h8-11,17H,3-7H2,1-2H3,(H,19,21);1H. The van der Waals surface area contributed by atoms with Crippen LogP contribution in [-0.2, 0) is 6.42 Å². The van der Waals surface area contributed by atoms with Gasteiger partial charge in [-0.25, -0.2) is 0 Å². The fourth-order valence-electron chi connectivity index (χ4n) is 2.91. The molecule has 0 amide bonds. The van der Waals surface area contributed by atoms with Crippen LogP contribution < -0.4 is 10.9 Å². The molecule has 0 aliphatic carbocycles. The predicted octanol–water partition coefficient (Wildman–Crippen LogP) is 1.87. The number of fused-ring (bicyclic) bond motifs is 1. The summed E-state index contributed by atoms with van der Waals surface area (Å²) in [6.07, 6.45) is 2.81. The number of hydrogen-bond donors (Lipinski definition) is 2. The fraction of sp³-hybridized carbons (Fsp3) is 0.500. The van der Waals surface area contributed by atoms with Gasteiger partial charge in [-0.1, -0.05) is 6.92 Å². The van der Waals surface area contributed by atoms with Crippen LogP contribution in [0.15, 0.2) is 23.1 Å². The summed E-state index contributed by atoms with van der Waals surface area (Å²) in [6.45, 7) is 8.09. The highest BCUT2D eigenvalue weighted by molar-refractivity contribution is 5.85. The van der Waals surface area contributed by atoms with Gasteiger partial charge in [-0.3, -0.25) is 14.7 Å². The number of nitrogens with zero attached hydrogens (tertiary/aromatic N) is 2. The van der Waals surface area contributed by atoms with E-state index in [2.05, 4.69) is 34.0 Å². The summed E-state index contributed by atoms with van der Waals surface area (Å²) < 4.78 is 0. The number of pyridine rings is 2. The quantitative estimate of drug-likeness (QED) is 0.905. The molecule has 6 heteroatoms. The van der Waals surface area contributed by atoms with Crippen LogP contribution in [0.25, 0.3) is 11.0 Å². The first kappa shape index (κ1) is 16.9. The van der Waals surface area contributed by atoms with E-state index < -0.39 is 0 Å². The number of aryl methyl sites for hydroxylation is 1. The highest BCUT2D eigenvalue weighted by atomic mass is 35.5. The smallest absolute Gasteiger partial charge is 0.253 e. The molecular formula is C16H23ClN4O. The Labute approximate surface area is 136 Å². The number of H-pyrrole nitrogens is 1. The van der Waals surface area contributed by atoms with Crippen LogP contribution in [0, 0.1) is 0 Å². The number of halogens is 1. The Morgan fingerprint density at radius 2 is 2.05 bits per heavy atom. The average Bonchev–Trinajstić information content (AvgIpc) is 2.53. The van der Waals surface area contributed by atoms with Gasteiger partial charge in [0.15, 0.2) is 0 Å². The van der Waals surface area contributed by atoms with E-state index in [0.717, 1.165) is 54.8 Å². The number of rotatable bonds is 3. The summed E-state index contributed by atoms with van der Waals surface area (Å²) in [4.78, 5) is 22.2. The van der Waals surface area contributed by atoms with Crippen molar-refractivity contribution in [1.29, 1.82) is 0 Å². The Morgan fingerprint density at radius 3 is 2.73 bits per heavy atom. The molecule has 1 unspecified atom stereocenters. The van der Waals surface area contributed by atoms with Gasteiger partial charge < -0.3 is 10.3 Å². The van der Waals surface area contributed by atoms with Crippen LogP contribution in [0.1, 0.15) is 31.0 Å². The van der Waals surface area contributed by atoms with Gasteiger partial charge in [0.2, 0.25) is 0 Å². The predicted molar refractivity (Wildman–Crippen MR) is 91.8 cm³/mol. The van der Waals surface area contributed by atoms with Crippen molar-refractivity contribution in [1.82, 2.24) is 20.2 Å². The van der Waals surface area contributed by atoms with Gasteiger partial charge in [0.25, 0.3) is 5.56 Å². The lowest BCUT2D eigenvalue weighted by Gasteiger charge is -2.32. The van der Waals surface area contributed by atoms with Crippen molar-refractivity contribution >= 4 is 23.4 Å². The highest BCUT2D eigenvalue weighted by Gasteiger charge is 2.20. The normalized spacial score (nSPS) is 17.2. The molecule has 22 heavy (non-hydrogen) atoms. The van der Waals surface area contributed by atoms with E-state index in [9.17, 15) is 4.79 Å². The first-order valence-corrected chi connectivity index (χ1v) is 7.65. The van der Waals surface area contributed by atoms with Crippen molar-refractivity contribution in [3.8, 4) is 0 Å². The van der Waals surface area contributed by atoms with Crippen LogP contribution in [0.4, 0.5) is 0 Å². The highest BCUT2D eigenvalue weighted by Crippen LogP contribution is 2.20. The molecule has 0 saturated carbocycles. The zero-order valence-corrected chi connectivity index (χ0v) is 13.9.